The summed E-state index contributed by atoms with van der Waals surface area (Å²) in [6.45, 7) is 8.12. The van der Waals surface area contributed by atoms with Crippen molar-refractivity contribution < 1.29 is 13.7 Å². The largest absolute Gasteiger partial charge is 0.494 e. The average Bonchev–Trinajstić information content (AvgIpc) is 3.50. The number of furan rings is 1. The molecule has 7 rings (SSSR count). The summed E-state index contributed by atoms with van der Waals surface area (Å²) in [5.41, 5.74) is 5.04. The molecule has 3 heterocycles. The van der Waals surface area contributed by atoms with Crippen LogP contribution in [0.5, 0.6) is 0 Å². The molecular formula is C31H25BN2O3. The first kappa shape index (κ1) is 22.2. The third kappa shape index (κ3) is 3.05. The van der Waals surface area contributed by atoms with Crippen molar-refractivity contribution in [3.05, 3.63) is 84.4 Å². The Morgan fingerprint density at radius 3 is 2.22 bits per heavy atom. The molecule has 5 nitrogen and oxygen atoms in total. The Morgan fingerprint density at radius 1 is 0.757 bits per heavy atom. The van der Waals surface area contributed by atoms with Crippen LogP contribution in [0.1, 0.15) is 33.3 Å². The van der Waals surface area contributed by atoms with Crippen molar-refractivity contribution in [1.29, 1.82) is 5.26 Å². The molecule has 1 aliphatic heterocycles. The van der Waals surface area contributed by atoms with Gasteiger partial charge in [0, 0.05) is 16.2 Å². The number of aromatic nitrogens is 1. The first-order chi connectivity index (χ1) is 17.8. The summed E-state index contributed by atoms with van der Waals surface area (Å²) in [5.74, 6) is 0. The molecule has 2 aromatic heterocycles. The summed E-state index contributed by atoms with van der Waals surface area (Å²) in [7, 11) is -0.528. The van der Waals surface area contributed by atoms with Crippen molar-refractivity contribution in [2.24, 2.45) is 0 Å². The first-order valence-electron chi connectivity index (χ1n) is 12.5. The molecular weight excluding hydrogens is 459 g/mol. The molecule has 0 radical (unpaired) electrons. The van der Waals surface area contributed by atoms with Crippen molar-refractivity contribution in [2.75, 3.05) is 0 Å². The van der Waals surface area contributed by atoms with Crippen molar-refractivity contribution in [2.45, 2.75) is 38.9 Å². The maximum atomic E-state index is 10.2. The number of nitrogens with zero attached hydrogens (tertiary/aromatic N) is 2. The molecule has 0 N–H and O–H groups in total. The Kier molecular flexibility index (Phi) is 4.49. The van der Waals surface area contributed by atoms with Gasteiger partial charge in [-0.1, -0.05) is 42.5 Å². The van der Waals surface area contributed by atoms with Gasteiger partial charge in [0.25, 0.3) is 0 Å². The third-order valence-electron chi connectivity index (χ3n) is 8.09. The van der Waals surface area contributed by atoms with E-state index < -0.39 is 18.3 Å². The standard InChI is InChI=1S/C31H25BN2O3/c1-30(2)31(3,4)37-32(36-30)20-13-15-24(19(17-20)18-33)34-25-11-7-5-10-23(25)28-26(34)16-14-22-21-9-6-8-12-27(21)35-29(22)28/h5-17H,1-4H3. The fourth-order valence-electron chi connectivity index (χ4n) is 5.46. The van der Waals surface area contributed by atoms with Crippen LogP contribution in [0, 0.1) is 11.3 Å². The van der Waals surface area contributed by atoms with Crippen LogP contribution in [-0.2, 0) is 9.31 Å². The van der Waals surface area contributed by atoms with Gasteiger partial charge in [-0.15, -0.1) is 0 Å². The molecule has 0 aliphatic carbocycles. The summed E-state index contributed by atoms with van der Waals surface area (Å²) in [6, 6.07) is 28.9. The van der Waals surface area contributed by atoms with Gasteiger partial charge >= 0.3 is 7.12 Å². The van der Waals surface area contributed by atoms with Crippen molar-refractivity contribution in [1.82, 2.24) is 4.57 Å². The molecule has 6 aromatic rings. The number of hydrogen-bond donors (Lipinski definition) is 0. The predicted octanol–water partition coefficient (Wildman–Crippen LogP) is 6.85. The molecule has 0 saturated carbocycles. The zero-order chi connectivity index (χ0) is 25.5. The number of para-hydroxylation sites is 2. The van der Waals surface area contributed by atoms with Crippen LogP contribution in [0.15, 0.2) is 83.3 Å². The lowest BCUT2D eigenvalue weighted by Gasteiger charge is -2.32. The Morgan fingerprint density at radius 2 is 1.46 bits per heavy atom. The van der Waals surface area contributed by atoms with Crippen LogP contribution in [0.4, 0.5) is 0 Å². The Labute approximate surface area is 214 Å². The van der Waals surface area contributed by atoms with Gasteiger partial charge in [-0.2, -0.15) is 5.26 Å². The SMILES string of the molecule is CC1(C)OB(c2ccc(-n3c4ccccc4c4c5oc6ccccc6c5ccc43)c(C#N)c2)OC1(C)C. The summed E-state index contributed by atoms with van der Waals surface area (Å²) in [5, 5.41) is 14.6. The van der Waals surface area contributed by atoms with E-state index in [1.54, 1.807) is 0 Å². The summed E-state index contributed by atoms with van der Waals surface area (Å²) >= 11 is 0. The van der Waals surface area contributed by atoms with Gasteiger partial charge in [-0.25, -0.2) is 0 Å². The van der Waals surface area contributed by atoms with Crippen LogP contribution in [-0.4, -0.2) is 22.9 Å². The fourth-order valence-corrected chi connectivity index (χ4v) is 5.46. The molecule has 0 spiro atoms. The molecule has 1 saturated heterocycles. The van der Waals surface area contributed by atoms with E-state index in [2.05, 4.69) is 41.0 Å². The lowest BCUT2D eigenvalue weighted by Crippen LogP contribution is -2.41. The molecule has 4 aromatic carbocycles. The van der Waals surface area contributed by atoms with Crippen LogP contribution in [0.25, 0.3) is 49.4 Å². The average molecular weight is 484 g/mol. The van der Waals surface area contributed by atoms with E-state index in [-0.39, 0.29) is 0 Å². The van der Waals surface area contributed by atoms with Crippen LogP contribution < -0.4 is 5.46 Å². The Balaban J connectivity index is 1.47. The summed E-state index contributed by atoms with van der Waals surface area (Å²) in [4.78, 5) is 0. The molecule has 0 amide bonds. The van der Waals surface area contributed by atoms with E-state index in [0.29, 0.717) is 5.56 Å². The highest BCUT2D eigenvalue weighted by Crippen LogP contribution is 2.41. The minimum atomic E-state index is -0.528. The second-order valence-electron chi connectivity index (χ2n) is 10.8. The molecule has 37 heavy (non-hydrogen) atoms. The van der Waals surface area contributed by atoms with Gasteiger partial charge in [-0.3, -0.25) is 0 Å². The van der Waals surface area contributed by atoms with Gasteiger partial charge in [0.15, 0.2) is 0 Å². The highest BCUT2D eigenvalue weighted by Gasteiger charge is 2.51. The summed E-state index contributed by atoms with van der Waals surface area (Å²) < 4.78 is 21.0. The predicted molar refractivity (Wildman–Crippen MR) is 148 cm³/mol. The number of nitriles is 1. The molecule has 0 unspecified atom stereocenters. The minimum absolute atomic E-state index is 0.450. The number of hydrogen-bond acceptors (Lipinski definition) is 4. The van der Waals surface area contributed by atoms with E-state index >= 15 is 0 Å². The third-order valence-corrected chi connectivity index (χ3v) is 8.09. The minimum Gasteiger partial charge on any atom is -0.455 e. The number of fused-ring (bicyclic) bond motifs is 7. The van der Waals surface area contributed by atoms with Crippen molar-refractivity contribution in [3.8, 4) is 11.8 Å². The highest BCUT2D eigenvalue weighted by atomic mass is 16.7. The van der Waals surface area contributed by atoms with E-state index in [4.69, 9.17) is 13.7 Å². The van der Waals surface area contributed by atoms with Crippen LogP contribution >= 0.6 is 0 Å². The number of rotatable bonds is 2. The number of benzene rings is 4. The Bertz CT molecular complexity index is 1910. The van der Waals surface area contributed by atoms with E-state index in [1.165, 1.54) is 0 Å². The van der Waals surface area contributed by atoms with E-state index in [1.807, 2.05) is 76.2 Å². The van der Waals surface area contributed by atoms with Gasteiger partial charge in [0.2, 0.25) is 0 Å². The molecule has 1 fully saturated rings. The van der Waals surface area contributed by atoms with Gasteiger partial charge in [-0.05, 0) is 69.6 Å². The van der Waals surface area contributed by atoms with Crippen molar-refractivity contribution in [3.63, 3.8) is 0 Å². The summed E-state index contributed by atoms with van der Waals surface area (Å²) in [6.07, 6.45) is 0. The highest BCUT2D eigenvalue weighted by molar-refractivity contribution is 6.62. The zero-order valence-corrected chi connectivity index (χ0v) is 21.2. The lowest BCUT2D eigenvalue weighted by molar-refractivity contribution is 0.00578. The molecule has 6 heteroatoms. The zero-order valence-electron chi connectivity index (χ0n) is 21.2. The first-order valence-corrected chi connectivity index (χ1v) is 12.5. The maximum absolute atomic E-state index is 10.2. The normalized spacial score (nSPS) is 16.8. The molecule has 0 atom stereocenters. The van der Waals surface area contributed by atoms with Crippen LogP contribution in [0.3, 0.4) is 0 Å². The smallest absolute Gasteiger partial charge is 0.455 e. The van der Waals surface area contributed by atoms with Gasteiger partial charge in [0.05, 0.1) is 38.9 Å². The van der Waals surface area contributed by atoms with E-state index in [9.17, 15) is 5.26 Å². The van der Waals surface area contributed by atoms with Crippen molar-refractivity contribution >= 4 is 56.3 Å². The monoisotopic (exact) mass is 484 g/mol. The van der Waals surface area contributed by atoms with Crippen LogP contribution in [0.2, 0.25) is 0 Å². The maximum Gasteiger partial charge on any atom is 0.494 e. The Hall–Kier alpha value is -4.05. The lowest BCUT2D eigenvalue weighted by atomic mass is 9.78. The van der Waals surface area contributed by atoms with Gasteiger partial charge in [0.1, 0.15) is 17.2 Å². The van der Waals surface area contributed by atoms with Gasteiger partial charge < -0.3 is 18.3 Å². The fraction of sp³-hybridized carbons (Fsp3) is 0.194. The topological polar surface area (TPSA) is 60.3 Å². The second kappa shape index (κ2) is 7.49. The molecule has 0 bridgehead atoms. The molecule has 1 aliphatic rings. The second-order valence-corrected chi connectivity index (χ2v) is 10.8. The quantitative estimate of drug-likeness (QED) is 0.252. The molecule has 180 valence electrons. The van der Waals surface area contributed by atoms with E-state index in [0.717, 1.165) is 54.9 Å².